The van der Waals surface area contributed by atoms with Crippen molar-refractivity contribution in [3.63, 3.8) is 0 Å². The Kier molecular flexibility index (Phi) is 12.1. The van der Waals surface area contributed by atoms with Crippen LogP contribution in [0, 0.1) is 5.92 Å². The van der Waals surface area contributed by atoms with Crippen LogP contribution in [0.15, 0.2) is 4.99 Å². The Balaban J connectivity index is 0.00000392. The van der Waals surface area contributed by atoms with Crippen molar-refractivity contribution in [1.29, 1.82) is 0 Å². The summed E-state index contributed by atoms with van der Waals surface area (Å²) in [6, 6.07) is 0.275. The predicted octanol–water partition coefficient (Wildman–Crippen LogP) is 1.40. The lowest BCUT2D eigenvalue weighted by Gasteiger charge is -2.35. The van der Waals surface area contributed by atoms with Gasteiger partial charge >= 0.3 is 6.09 Å². The molecule has 0 spiro atoms. The van der Waals surface area contributed by atoms with Crippen molar-refractivity contribution in [2.75, 3.05) is 65.5 Å². The van der Waals surface area contributed by atoms with Crippen LogP contribution in [0.4, 0.5) is 4.79 Å². The van der Waals surface area contributed by atoms with E-state index in [0.29, 0.717) is 31.6 Å². The van der Waals surface area contributed by atoms with Gasteiger partial charge in [0.05, 0.1) is 6.61 Å². The quantitative estimate of drug-likeness (QED) is 0.306. The molecular formula is C19H39IN6O2. The third-order valence-corrected chi connectivity index (χ3v) is 5.43. The number of aliphatic imine (C=N–C) groups is 1. The summed E-state index contributed by atoms with van der Waals surface area (Å²) in [6.07, 6.45) is 1.52. The van der Waals surface area contributed by atoms with Crippen LogP contribution in [0.1, 0.15) is 33.6 Å². The van der Waals surface area contributed by atoms with Crippen molar-refractivity contribution < 1.29 is 9.53 Å². The number of piperidine rings is 1. The molecule has 2 heterocycles. The van der Waals surface area contributed by atoms with E-state index in [1.165, 1.54) is 13.1 Å². The SMILES string of the molecule is CCOC(=O)N1CCC(NC(N)=NCC(C)CN2CCN(CC)CC2)CC1.I. The molecule has 0 radical (unpaired) electrons. The van der Waals surface area contributed by atoms with E-state index in [2.05, 4.69) is 34.0 Å². The van der Waals surface area contributed by atoms with Crippen LogP contribution in [-0.2, 0) is 4.74 Å². The highest BCUT2D eigenvalue weighted by Gasteiger charge is 2.23. The molecule has 2 rings (SSSR count). The van der Waals surface area contributed by atoms with Crippen molar-refractivity contribution in [3.05, 3.63) is 0 Å². The molecule has 0 saturated carbocycles. The first-order valence-electron chi connectivity index (χ1n) is 10.4. The number of likely N-dealkylation sites (tertiary alicyclic amines) is 1. The van der Waals surface area contributed by atoms with Gasteiger partial charge in [-0.2, -0.15) is 0 Å². The van der Waals surface area contributed by atoms with Crippen molar-refractivity contribution >= 4 is 36.0 Å². The minimum atomic E-state index is -0.216. The first-order valence-corrected chi connectivity index (χ1v) is 10.4. The zero-order chi connectivity index (χ0) is 19.6. The molecule has 164 valence electrons. The van der Waals surface area contributed by atoms with E-state index in [1.54, 1.807) is 4.90 Å². The summed E-state index contributed by atoms with van der Waals surface area (Å²) in [5, 5.41) is 3.31. The molecule has 2 saturated heterocycles. The highest BCUT2D eigenvalue weighted by atomic mass is 127. The summed E-state index contributed by atoms with van der Waals surface area (Å²) in [7, 11) is 0. The molecule has 2 aliphatic heterocycles. The molecule has 9 heteroatoms. The van der Waals surface area contributed by atoms with Crippen molar-refractivity contribution in [1.82, 2.24) is 20.0 Å². The maximum atomic E-state index is 11.7. The van der Waals surface area contributed by atoms with Gasteiger partial charge in [0.1, 0.15) is 0 Å². The van der Waals surface area contributed by atoms with E-state index in [9.17, 15) is 4.79 Å². The smallest absolute Gasteiger partial charge is 0.409 e. The Labute approximate surface area is 187 Å². The molecule has 3 N–H and O–H groups in total. The van der Waals surface area contributed by atoms with Gasteiger partial charge in [0.2, 0.25) is 0 Å². The lowest BCUT2D eigenvalue weighted by Crippen LogP contribution is -2.49. The first kappa shape index (κ1) is 25.2. The second-order valence-electron chi connectivity index (χ2n) is 7.67. The van der Waals surface area contributed by atoms with Gasteiger partial charge in [0.25, 0.3) is 0 Å². The Hall–Kier alpha value is -0.810. The second-order valence-corrected chi connectivity index (χ2v) is 7.67. The van der Waals surface area contributed by atoms with Gasteiger partial charge in [0, 0.05) is 58.4 Å². The summed E-state index contributed by atoms with van der Waals surface area (Å²) >= 11 is 0. The number of rotatable bonds is 7. The van der Waals surface area contributed by atoms with Crippen LogP contribution < -0.4 is 11.1 Å². The van der Waals surface area contributed by atoms with Crippen LogP contribution in [0.5, 0.6) is 0 Å². The number of hydrogen-bond acceptors (Lipinski definition) is 5. The zero-order valence-corrected chi connectivity index (χ0v) is 20.1. The summed E-state index contributed by atoms with van der Waals surface area (Å²) in [5.74, 6) is 1.01. The standard InChI is InChI=1S/C19H38N6O2.HI/c1-4-23-10-12-24(13-11-23)15-16(3)14-21-18(20)22-17-6-8-25(9-7-17)19(26)27-5-2;/h16-17H,4-15H2,1-3H3,(H3,20,21,22);1H. The highest BCUT2D eigenvalue weighted by Crippen LogP contribution is 2.11. The average molecular weight is 510 g/mol. The molecule has 2 fully saturated rings. The average Bonchev–Trinajstić information content (AvgIpc) is 2.68. The summed E-state index contributed by atoms with van der Waals surface area (Å²) in [6.45, 7) is 15.7. The van der Waals surface area contributed by atoms with Crippen molar-refractivity contribution in [3.8, 4) is 0 Å². The van der Waals surface area contributed by atoms with E-state index in [1.807, 2.05) is 6.92 Å². The fraction of sp³-hybridized carbons (Fsp3) is 0.895. The number of nitrogens with two attached hydrogens (primary N) is 1. The largest absolute Gasteiger partial charge is 0.450 e. The Morgan fingerprint density at radius 3 is 2.32 bits per heavy atom. The number of guanidine groups is 1. The molecule has 0 aromatic carbocycles. The number of carbonyl (C=O) groups is 1. The molecule has 0 aromatic rings. The minimum absolute atomic E-state index is 0. The third-order valence-electron chi connectivity index (χ3n) is 5.43. The molecule has 0 bridgehead atoms. The second kappa shape index (κ2) is 13.4. The Bertz CT molecular complexity index is 477. The maximum absolute atomic E-state index is 11.7. The zero-order valence-electron chi connectivity index (χ0n) is 17.7. The van der Waals surface area contributed by atoms with Crippen LogP contribution in [0.3, 0.4) is 0 Å². The molecule has 8 nitrogen and oxygen atoms in total. The number of nitrogens with zero attached hydrogens (tertiary/aromatic N) is 4. The number of amides is 1. The van der Waals surface area contributed by atoms with Gasteiger partial charge in [0.15, 0.2) is 5.96 Å². The Morgan fingerprint density at radius 1 is 1.14 bits per heavy atom. The summed E-state index contributed by atoms with van der Waals surface area (Å²) in [4.78, 5) is 23.1. The molecule has 28 heavy (non-hydrogen) atoms. The number of piperazine rings is 1. The highest BCUT2D eigenvalue weighted by molar-refractivity contribution is 14.0. The van der Waals surface area contributed by atoms with Gasteiger partial charge in [-0.3, -0.25) is 4.99 Å². The van der Waals surface area contributed by atoms with Crippen LogP contribution >= 0.6 is 24.0 Å². The van der Waals surface area contributed by atoms with Gasteiger partial charge in [-0.05, 0) is 32.2 Å². The van der Waals surface area contributed by atoms with Crippen LogP contribution in [0.2, 0.25) is 0 Å². The maximum Gasteiger partial charge on any atom is 0.409 e. The molecule has 1 unspecified atom stereocenters. The molecule has 1 atom stereocenters. The van der Waals surface area contributed by atoms with Gasteiger partial charge in [-0.15, -0.1) is 24.0 Å². The third kappa shape index (κ3) is 8.69. The Morgan fingerprint density at radius 2 is 1.75 bits per heavy atom. The van der Waals surface area contributed by atoms with Gasteiger partial charge in [-0.25, -0.2) is 4.79 Å². The minimum Gasteiger partial charge on any atom is -0.450 e. The van der Waals surface area contributed by atoms with Crippen molar-refractivity contribution in [2.45, 2.75) is 39.7 Å². The number of hydrogen-bond donors (Lipinski definition) is 2. The van der Waals surface area contributed by atoms with E-state index in [0.717, 1.165) is 45.6 Å². The predicted molar refractivity (Wildman–Crippen MR) is 124 cm³/mol. The topological polar surface area (TPSA) is 86.4 Å². The number of nitrogens with one attached hydrogen (secondary N) is 1. The molecular weight excluding hydrogens is 471 g/mol. The summed E-state index contributed by atoms with van der Waals surface area (Å²) < 4.78 is 5.05. The fourth-order valence-electron chi connectivity index (χ4n) is 3.72. The number of likely N-dealkylation sites (N-methyl/N-ethyl adjacent to an activating group) is 1. The lowest BCUT2D eigenvalue weighted by atomic mass is 10.1. The monoisotopic (exact) mass is 510 g/mol. The number of halogens is 1. The fourth-order valence-corrected chi connectivity index (χ4v) is 3.72. The van der Waals surface area contributed by atoms with E-state index in [-0.39, 0.29) is 36.1 Å². The molecule has 2 aliphatic rings. The van der Waals surface area contributed by atoms with Crippen LogP contribution in [0.25, 0.3) is 0 Å². The van der Waals surface area contributed by atoms with E-state index >= 15 is 0 Å². The van der Waals surface area contributed by atoms with Gasteiger partial charge < -0.3 is 30.5 Å². The molecule has 1 amide bonds. The first-order chi connectivity index (χ1) is 13.0. The van der Waals surface area contributed by atoms with E-state index in [4.69, 9.17) is 10.5 Å². The number of ether oxygens (including phenoxy) is 1. The van der Waals surface area contributed by atoms with Crippen LogP contribution in [-0.4, -0.2) is 98.3 Å². The lowest BCUT2D eigenvalue weighted by molar-refractivity contribution is 0.0963. The normalized spacial score (nSPS) is 21.1. The van der Waals surface area contributed by atoms with E-state index < -0.39 is 0 Å². The number of carbonyl (C=O) groups excluding carboxylic acids is 1. The molecule has 0 aliphatic carbocycles. The summed E-state index contributed by atoms with van der Waals surface area (Å²) in [5.41, 5.74) is 6.08. The van der Waals surface area contributed by atoms with Gasteiger partial charge in [-0.1, -0.05) is 13.8 Å². The molecule has 0 aromatic heterocycles. The van der Waals surface area contributed by atoms with Crippen molar-refractivity contribution in [2.24, 2.45) is 16.6 Å².